The van der Waals surface area contributed by atoms with Gasteiger partial charge in [0.2, 0.25) is 0 Å². The lowest BCUT2D eigenvalue weighted by Crippen LogP contribution is -2.42. The third-order valence-electron chi connectivity index (χ3n) is 3.45. The van der Waals surface area contributed by atoms with Crippen molar-refractivity contribution < 1.29 is 9.53 Å². The molecule has 0 spiro atoms. The van der Waals surface area contributed by atoms with Crippen molar-refractivity contribution in [2.75, 3.05) is 5.73 Å². The molecule has 1 atom stereocenters. The zero-order valence-corrected chi connectivity index (χ0v) is 13.2. The Balaban J connectivity index is 2.75. The highest BCUT2D eigenvalue weighted by Crippen LogP contribution is 2.23. The van der Waals surface area contributed by atoms with Crippen molar-refractivity contribution in [3.8, 4) is 5.75 Å². The van der Waals surface area contributed by atoms with E-state index in [0.29, 0.717) is 17.9 Å². The molecule has 116 valence electrons. The molecule has 0 heterocycles. The number of carbonyl (C=O) groups excluding carboxylic acids is 1. The summed E-state index contributed by atoms with van der Waals surface area (Å²) in [7, 11) is 0. The van der Waals surface area contributed by atoms with Gasteiger partial charge >= 0.3 is 0 Å². The van der Waals surface area contributed by atoms with Crippen LogP contribution in [0.2, 0.25) is 0 Å². The molecule has 0 saturated carbocycles. The van der Waals surface area contributed by atoms with Crippen molar-refractivity contribution in [1.82, 2.24) is 5.32 Å². The van der Waals surface area contributed by atoms with Crippen LogP contribution in [0, 0.1) is 0 Å². The van der Waals surface area contributed by atoms with Crippen molar-refractivity contribution in [1.29, 1.82) is 0 Å². The summed E-state index contributed by atoms with van der Waals surface area (Å²) < 4.78 is 5.79. The van der Waals surface area contributed by atoms with Gasteiger partial charge in [-0.2, -0.15) is 0 Å². The van der Waals surface area contributed by atoms with Crippen LogP contribution in [0.25, 0.3) is 0 Å². The number of carbonyl (C=O) groups is 1. The summed E-state index contributed by atoms with van der Waals surface area (Å²) in [6.07, 6.45) is 3.73. The largest absolute Gasteiger partial charge is 0.481 e. The van der Waals surface area contributed by atoms with E-state index in [4.69, 9.17) is 10.5 Å². The van der Waals surface area contributed by atoms with Gasteiger partial charge in [-0.25, -0.2) is 0 Å². The fourth-order valence-corrected chi connectivity index (χ4v) is 2.08. The Bertz CT molecular complexity index is 482. The van der Waals surface area contributed by atoms with E-state index >= 15 is 0 Å². The minimum absolute atomic E-state index is 0.0925. The Morgan fingerprint density at radius 1 is 1.43 bits per heavy atom. The number of nitrogens with two attached hydrogens (primary N) is 1. The molecule has 3 N–H and O–H groups in total. The quantitative estimate of drug-likeness (QED) is 0.571. The van der Waals surface area contributed by atoms with E-state index in [1.807, 2.05) is 6.07 Å². The minimum atomic E-state index is -0.544. The van der Waals surface area contributed by atoms with Crippen LogP contribution in [-0.2, 0) is 11.2 Å². The van der Waals surface area contributed by atoms with E-state index in [1.54, 1.807) is 25.1 Å². The fraction of sp³-hybridized carbons (Fsp3) is 0.471. The standard InChI is InChI=1S/C17H26N2O2/c1-5-8-13-11-14(18)9-10-16(13)21-12(4)17(20)19-15(6-2)7-3/h5,9-12,15H,1,6-8,18H2,2-4H3,(H,19,20). The SMILES string of the molecule is C=CCc1cc(N)ccc1OC(C)C(=O)NC(CC)CC. The van der Waals surface area contributed by atoms with Crippen LogP contribution in [0.3, 0.4) is 0 Å². The summed E-state index contributed by atoms with van der Waals surface area (Å²) >= 11 is 0. The minimum Gasteiger partial charge on any atom is -0.481 e. The first-order chi connectivity index (χ1) is 10.0. The van der Waals surface area contributed by atoms with Gasteiger partial charge in [0.25, 0.3) is 5.91 Å². The molecule has 1 aromatic rings. The van der Waals surface area contributed by atoms with Gasteiger partial charge in [-0.15, -0.1) is 6.58 Å². The molecule has 0 aliphatic rings. The molecular formula is C17H26N2O2. The number of ether oxygens (including phenoxy) is 1. The van der Waals surface area contributed by atoms with E-state index in [9.17, 15) is 4.79 Å². The van der Waals surface area contributed by atoms with Gasteiger partial charge in [0.05, 0.1) is 0 Å². The summed E-state index contributed by atoms with van der Waals surface area (Å²) in [4.78, 5) is 12.1. The first kappa shape index (κ1) is 17.1. The highest BCUT2D eigenvalue weighted by atomic mass is 16.5. The topological polar surface area (TPSA) is 64.3 Å². The molecule has 1 amide bonds. The first-order valence-electron chi connectivity index (χ1n) is 7.48. The van der Waals surface area contributed by atoms with E-state index < -0.39 is 6.10 Å². The number of nitrogens with one attached hydrogen (secondary N) is 1. The maximum Gasteiger partial charge on any atom is 0.260 e. The van der Waals surface area contributed by atoms with E-state index in [0.717, 1.165) is 18.4 Å². The maximum atomic E-state index is 12.1. The van der Waals surface area contributed by atoms with Crippen LogP contribution in [0.1, 0.15) is 39.2 Å². The molecule has 1 aromatic carbocycles. The van der Waals surface area contributed by atoms with Crippen molar-refractivity contribution in [2.45, 2.75) is 52.2 Å². The molecule has 0 radical (unpaired) electrons. The summed E-state index contributed by atoms with van der Waals surface area (Å²) in [6.45, 7) is 9.60. The first-order valence-corrected chi connectivity index (χ1v) is 7.48. The Labute approximate surface area is 127 Å². The molecule has 0 aliphatic carbocycles. The Kier molecular flexibility index (Phi) is 6.79. The molecule has 4 heteroatoms. The van der Waals surface area contributed by atoms with Gasteiger partial charge in [0.15, 0.2) is 6.10 Å². The van der Waals surface area contributed by atoms with Crippen LogP contribution in [0.5, 0.6) is 5.75 Å². The lowest BCUT2D eigenvalue weighted by atomic mass is 10.1. The van der Waals surface area contributed by atoms with Gasteiger partial charge in [-0.1, -0.05) is 19.9 Å². The molecule has 0 bridgehead atoms. The fourth-order valence-electron chi connectivity index (χ4n) is 2.08. The number of amides is 1. The second-order valence-electron chi connectivity index (χ2n) is 5.14. The second kappa shape index (κ2) is 8.35. The zero-order chi connectivity index (χ0) is 15.8. The second-order valence-corrected chi connectivity index (χ2v) is 5.14. The van der Waals surface area contributed by atoms with Crippen LogP contribution >= 0.6 is 0 Å². The highest BCUT2D eigenvalue weighted by molar-refractivity contribution is 5.81. The normalized spacial score (nSPS) is 12.0. The van der Waals surface area contributed by atoms with E-state index in [1.165, 1.54) is 0 Å². The van der Waals surface area contributed by atoms with Gasteiger partial charge in [0, 0.05) is 11.7 Å². The molecule has 0 aromatic heterocycles. The van der Waals surface area contributed by atoms with Crippen LogP contribution in [0.4, 0.5) is 5.69 Å². The molecule has 1 unspecified atom stereocenters. The predicted octanol–water partition coefficient (Wildman–Crippen LogP) is 3.07. The summed E-state index contributed by atoms with van der Waals surface area (Å²) in [6, 6.07) is 5.62. The van der Waals surface area contributed by atoms with E-state index in [2.05, 4.69) is 25.7 Å². The third kappa shape index (κ3) is 5.14. The number of hydrogen-bond donors (Lipinski definition) is 2. The molecule has 0 aliphatic heterocycles. The predicted molar refractivity (Wildman–Crippen MR) is 87.4 cm³/mol. The molecule has 4 nitrogen and oxygen atoms in total. The Morgan fingerprint density at radius 3 is 2.67 bits per heavy atom. The van der Waals surface area contributed by atoms with Gasteiger partial charge in [0.1, 0.15) is 5.75 Å². The average molecular weight is 290 g/mol. The van der Waals surface area contributed by atoms with E-state index in [-0.39, 0.29) is 11.9 Å². The lowest BCUT2D eigenvalue weighted by molar-refractivity contribution is -0.128. The number of rotatable bonds is 8. The third-order valence-corrected chi connectivity index (χ3v) is 3.45. The molecule has 21 heavy (non-hydrogen) atoms. The molecule has 1 rings (SSSR count). The maximum absolute atomic E-state index is 12.1. The van der Waals surface area contributed by atoms with Crippen molar-refractivity contribution in [2.24, 2.45) is 0 Å². The number of allylic oxidation sites excluding steroid dienone is 1. The number of nitrogen functional groups attached to an aromatic ring is 1. The van der Waals surface area contributed by atoms with Crippen molar-refractivity contribution >= 4 is 11.6 Å². The highest BCUT2D eigenvalue weighted by Gasteiger charge is 2.18. The average Bonchev–Trinajstić information content (AvgIpc) is 2.47. The number of anilines is 1. The molecule has 0 fully saturated rings. The Morgan fingerprint density at radius 2 is 2.10 bits per heavy atom. The number of hydrogen-bond acceptors (Lipinski definition) is 3. The smallest absolute Gasteiger partial charge is 0.260 e. The van der Waals surface area contributed by atoms with Crippen molar-refractivity contribution in [3.63, 3.8) is 0 Å². The van der Waals surface area contributed by atoms with Crippen LogP contribution in [0.15, 0.2) is 30.9 Å². The summed E-state index contributed by atoms with van der Waals surface area (Å²) in [5, 5.41) is 2.99. The lowest BCUT2D eigenvalue weighted by Gasteiger charge is -2.20. The Hall–Kier alpha value is -1.97. The summed E-state index contributed by atoms with van der Waals surface area (Å²) in [5.41, 5.74) is 7.39. The monoisotopic (exact) mass is 290 g/mol. The zero-order valence-electron chi connectivity index (χ0n) is 13.2. The van der Waals surface area contributed by atoms with Gasteiger partial charge in [-0.3, -0.25) is 4.79 Å². The number of benzene rings is 1. The van der Waals surface area contributed by atoms with Gasteiger partial charge in [-0.05, 0) is 49.9 Å². The van der Waals surface area contributed by atoms with Crippen LogP contribution in [-0.4, -0.2) is 18.1 Å². The summed E-state index contributed by atoms with van der Waals surface area (Å²) in [5.74, 6) is 0.585. The molecule has 0 saturated heterocycles. The van der Waals surface area contributed by atoms with Crippen LogP contribution < -0.4 is 15.8 Å². The van der Waals surface area contributed by atoms with Gasteiger partial charge < -0.3 is 15.8 Å². The molecular weight excluding hydrogens is 264 g/mol. The van der Waals surface area contributed by atoms with Crippen molar-refractivity contribution in [3.05, 3.63) is 36.4 Å².